The van der Waals surface area contributed by atoms with E-state index in [0.29, 0.717) is 35.9 Å². The molecule has 1 unspecified atom stereocenters. The van der Waals surface area contributed by atoms with Gasteiger partial charge in [0.1, 0.15) is 0 Å². The van der Waals surface area contributed by atoms with Gasteiger partial charge in [-0.25, -0.2) is 0 Å². The van der Waals surface area contributed by atoms with Gasteiger partial charge in [-0.15, -0.1) is 0 Å². The summed E-state index contributed by atoms with van der Waals surface area (Å²) in [5, 5.41) is 1.42. The van der Waals surface area contributed by atoms with Crippen molar-refractivity contribution in [1.29, 1.82) is 0 Å². The van der Waals surface area contributed by atoms with Crippen molar-refractivity contribution in [1.82, 2.24) is 9.88 Å². The van der Waals surface area contributed by atoms with Gasteiger partial charge in [0.05, 0.1) is 6.04 Å². The number of fused-ring (bicyclic) bond motifs is 3. The van der Waals surface area contributed by atoms with Crippen LogP contribution in [0, 0.1) is 17.8 Å². The van der Waals surface area contributed by atoms with Crippen molar-refractivity contribution < 1.29 is 4.74 Å². The summed E-state index contributed by atoms with van der Waals surface area (Å²) in [5.41, 5.74) is 4.32. The topological polar surface area (TPSA) is 40.6 Å². The zero-order valence-electron chi connectivity index (χ0n) is 14.1. The van der Waals surface area contributed by atoms with Crippen molar-refractivity contribution in [2.24, 2.45) is 22.7 Å². The summed E-state index contributed by atoms with van der Waals surface area (Å²) in [4.78, 5) is 11.3. The molecule has 0 spiro atoms. The van der Waals surface area contributed by atoms with Crippen LogP contribution < -0.4 is 0 Å². The summed E-state index contributed by atoms with van der Waals surface area (Å²) >= 11 is 0. The number of aromatic nitrogens is 1. The summed E-state index contributed by atoms with van der Waals surface area (Å²) in [6, 6.07) is 10.5. The van der Waals surface area contributed by atoms with Crippen molar-refractivity contribution in [3.8, 4) is 0 Å². The van der Waals surface area contributed by atoms with Gasteiger partial charge in [-0.05, 0) is 37.3 Å². The quantitative estimate of drug-likeness (QED) is 0.876. The molecule has 5 aliphatic rings. The number of hydrogen-bond acceptors (Lipinski definition) is 3. The molecule has 124 valence electrons. The molecule has 0 saturated carbocycles. The Morgan fingerprint density at radius 1 is 1.29 bits per heavy atom. The van der Waals surface area contributed by atoms with Crippen LogP contribution in [0.3, 0.4) is 0 Å². The molecule has 4 heteroatoms. The summed E-state index contributed by atoms with van der Waals surface area (Å²) in [6.45, 7) is 2.40. The van der Waals surface area contributed by atoms with Gasteiger partial charge < -0.3 is 9.72 Å². The average molecular weight is 321 g/mol. The number of ether oxygens (including phenoxy) is 1. The van der Waals surface area contributed by atoms with E-state index in [-0.39, 0.29) is 6.23 Å². The Morgan fingerprint density at radius 3 is 3.04 bits per heavy atom. The molecule has 1 aromatic carbocycles. The Labute approximate surface area is 141 Å². The van der Waals surface area contributed by atoms with Crippen molar-refractivity contribution in [2.75, 3.05) is 7.11 Å². The molecular formula is C20H23N3O. The largest absolute Gasteiger partial charge is 0.359 e. The maximum Gasteiger partial charge on any atom is 0.152 e. The number of rotatable bonds is 1. The van der Waals surface area contributed by atoms with Gasteiger partial charge in [-0.3, -0.25) is 9.89 Å². The average Bonchev–Trinajstić information content (AvgIpc) is 2.98. The van der Waals surface area contributed by atoms with Crippen molar-refractivity contribution >= 4 is 17.1 Å². The fraction of sp³-hybridized carbons (Fsp3) is 0.550. The molecule has 0 radical (unpaired) electrons. The molecule has 5 aliphatic heterocycles. The number of methoxy groups -OCH3 is 1. The summed E-state index contributed by atoms with van der Waals surface area (Å²) in [7, 11) is 1.82. The second-order valence-corrected chi connectivity index (χ2v) is 8.02. The van der Waals surface area contributed by atoms with Crippen molar-refractivity contribution in [3.63, 3.8) is 0 Å². The van der Waals surface area contributed by atoms with Crippen LogP contribution in [-0.4, -0.2) is 41.5 Å². The Hall–Kier alpha value is -1.65. The number of para-hydroxylation sites is 1. The van der Waals surface area contributed by atoms with Crippen LogP contribution in [-0.2, 0) is 11.2 Å². The number of benzene rings is 1. The number of aliphatic imine (C=N–C) groups is 1. The Bertz CT molecular complexity index is 856. The molecule has 3 fully saturated rings. The third-order valence-electron chi connectivity index (χ3n) is 7.27. The SMILES string of the molecule is CO[C@@H]1N=C[C@H]2[C@@H]3C[C@H]4c5[nH]c6ccccc6c5C[C@@H]([C@@H]31)N4[C@H]2C. The van der Waals surface area contributed by atoms with E-state index >= 15 is 0 Å². The number of aromatic amines is 1. The molecule has 7 rings (SSSR count). The van der Waals surface area contributed by atoms with E-state index in [4.69, 9.17) is 9.73 Å². The predicted molar refractivity (Wildman–Crippen MR) is 94.2 cm³/mol. The third-order valence-corrected chi connectivity index (χ3v) is 7.27. The number of H-pyrrole nitrogens is 1. The zero-order chi connectivity index (χ0) is 16.0. The summed E-state index contributed by atoms with van der Waals surface area (Å²) in [6.07, 6.45) is 4.61. The van der Waals surface area contributed by atoms with Crippen LogP contribution in [0.25, 0.3) is 10.9 Å². The first-order valence-corrected chi connectivity index (χ1v) is 9.21. The second-order valence-electron chi connectivity index (χ2n) is 8.02. The lowest BCUT2D eigenvalue weighted by Crippen LogP contribution is -2.69. The minimum absolute atomic E-state index is 0.0407. The zero-order valence-corrected chi connectivity index (χ0v) is 14.1. The van der Waals surface area contributed by atoms with E-state index < -0.39 is 0 Å². The van der Waals surface area contributed by atoms with Crippen LogP contribution in [0.5, 0.6) is 0 Å². The molecular weight excluding hydrogens is 298 g/mol. The first kappa shape index (κ1) is 13.6. The second kappa shape index (κ2) is 4.50. The van der Waals surface area contributed by atoms with Crippen LogP contribution >= 0.6 is 0 Å². The molecule has 1 aromatic heterocycles. The molecule has 3 saturated heterocycles. The van der Waals surface area contributed by atoms with E-state index in [2.05, 4.69) is 47.3 Å². The van der Waals surface area contributed by atoms with E-state index in [1.165, 1.54) is 23.0 Å². The maximum atomic E-state index is 5.78. The molecule has 6 heterocycles. The van der Waals surface area contributed by atoms with Crippen LogP contribution in [0.1, 0.15) is 30.6 Å². The van der Waals surface area contributed by atoms with Crippen LogP contribution in [0.4, 0.5) is 0 Å². The molecule has 6 bridgehead atoms. The van der Waals surface area contributed by atoms with Crippen LogP contribution in [0.15, 0.2) is 29.3 Å². The van der Waals surface area contributed by atoms with Gasteiger partial charge in [-0.2, -0.15) is 0 Å². The molecule has 0 amide bonds. The third kappa shape index (κ3) is 1.46. The standard InChI is InChI=1S/C20H23N3O/c1-10-14-9-21-20(24-2)18-12(14)7-17-19-13(8-16(18)23(10)17)11-5-3-4-6-15(11)22-19/h3-6,9-10,12,14,16-18,20,22H,7-8H2,1-2H3/t10-,12-,14+,16-,17-,18+,20-/m0/s1. The lowest BCUT2D eigenvalue weighted by atomic mass is 9.58. The highest BCUT2D eigenvalue weighted by Gasteiger charge is 2.60. The monoisotopic (exact) mass is 321 g/mol. The lowest BCUT2D eigenvalue weighted by Gasteiger charge is -2.64. The van der Waals surface area contributed by atoms with Gasteiger partial charge in [0, 0.05) is 53.8 Å². The van der Waals surface area contributed by atoms with E-state index in [1.54, 1.807) is 5.56 Å². The fourth-order valence-electron chi connectivity index (χ4n) is 6.39. The van der Waals surface area contributed by atoms with Crippen molar-refractivity contribution in [2.45, 2.75) is 44.1 Å². The van der Waals surface area contributed by atoms with Crippen molar-refractivity contribution in [3.05, 3.63) is 35.5 Å². The highest BCUT2D eigenvalue weighted by Crippen LogP contribution is 2.58. The van der Waals surface area contributed by atoms with E-state index in [0.717, 1.165) is 6.42 Å². The maximum absolute atomic E-state index is 5.78. The Morgan fingerprint density at radius 2 is 2.17 bits per heavy atom. The summed E-state index contributed by atoms with van der Waals surface area (Å²) < 4.78 is 5.78. The molecule has 2 aromatic rings. The molecule has 0 aliphatic carbocycles. The first-order valence-electron chi connectivity index (χ1n) is 9.21. The van der Waals surface area contributed by atoms with E-state index in [9.17, 15) is 0 Å². The highest BCUT2D eigenvalue weighted by atomic mass is 16.5. The number of piperidine rings is 3. The first-order chi connectivity index (χ1) is 11.8. The van der Waals surface area contributed by atoms with Gasteiger partial charge >= 0.3 is 0 Å². The predicted octanol–water partition coefficient (Wildman–Crippen LogP) is 3.15. The molecule has 24 heavy (non-hydrogen) atoms. The van der Waals surface area contributed by atoms with Gasteiger partial charge in [-0.1, -0.05) is 18.2 Å². The number of hydrogen-bond donors (Lipinski definition) is 1. The van der Waals surface area contributed by atoms with Gasteiger partial charge in [0.15, 0.2) is 6.23 Å². The molecule has 8 atom stereocenters. The van der Waals surface area contributed by atoms with Gasteiger partial charge in [0.25, 0.3) is 0 Å². The van der Waals surface area contributed by atoms with E-state index in [1.807, 2.05) is 7.11 Å². The normalized spacial score (nSPS) is 44.8. The van der Waals surface area contributed by atoms with Crippen LogP contribution in [0.2, 0.25) is 0 Å². The lowest BCUT2D eigenvalue weighted by molar-refractivity contribution is -0.158. The minimum atomic E-state index is 0.0407. The Balaban J connectivity index is 1.56. The summed E-state index contributed by atoms with van der Waals surface area (Å²) in [5.74, 6) is 1.85. The fourth-order valence-corrected chi connectivity index (χ4v) is 6.39. The molecule has 1 N–H and O–H groups in total. The number of nitrogens with one attached hydrogen (secondary N) is 1. The minimum Gasteiger partial charge on any atom is -0.359 e. The smallest absolute Gasteiger partial charge is 0.152 e. The number of nitrogens with zero attached hydrogens (tertiary/aromatic N) is 2. The Kier molecular flexibility index (Phi) is 2.55. The van der Waals surface area contributed by atoms with Gasteiger partial charge in [0.2, 0.25) is 0 Å². The highest BCUT2D eigenvalue weighted by molar-refractivity contribution is 5.85. The molecule has 4 nitrogen and oxygen atoms in total.